The molecule has 1 atom stereocenters. The minimum atomic E-state index is -3.67. The van der Waals surface area contributed by atoms with Crippen molar-refractivity contribution in [1.82, 2.24) is 9.29 Å². The molecule has 1 aliphatic rings. The minimum absolute atomic E-state index is 0.0827. The lowest BCUT2D eigenvalue weighted by atomic mass is 10.2. The fourth-order valence-corrected chi connectivity index (χ4v) is 5.92. The molecule has 1 N–H and O–H groups in total. The topological polar surface area (TPSA) is 88.6 Å². The Hall–Kier alpha value is -1.75. The number of ether oxygens (including phenoxy) is 1. The first-order valence-electron chi connectivity index (χ1n) is 9.49. The first kappa shape index (κ1) is 22.4. The van der Waals surface area contributed by atoms with Crippen molar-refractivity contribution < 1.29 is 17.9 Å². The molecule has 4 rings (SSSR count). The quantitative estimate of drug-likeness (QED) is 0.532. The number of halogens is 2. The number of amides is 1. The average molecular weight is 500 g/mol. The van der Waals surface area contributed by atoms with Crippen LogP contribution in [0.15, 0.2) is 41.3 Å². The van der Waals surface area contributed by atoms with Crippen molar-refractivity contribution >= 4 is 65.8 Å². The molecule has 11 heteroatoms. The average Bonchev–Trinajstić information content (AvgIpc) is 3.41. The van der Waals surface area contributed by atoms with Crippen molar-refractivity contribution in [3.63, 3.8) is 0 Å². The molecule has 31 heavy (non-hydrogen) atoms. The lowest BCUT2D eigenvalue weighted by Crippen LogP contribution is -2.34. The second-order valence-electron chi connectivity index (χ2n) is 7.13. The number of fused-ring (bicyclic) bond motifs is 1. The highest BCUT2D eigenvalue weighted by molar-refractivity contribution is 7.89. The maximum atomic E-state index is 12.8. The van der Waals surface area contributed by atoms with Crippen molar-refractivity contribution in [2.45, 2.75) is 23.8 Å². The Balaban J connectivity index is 1.48. The molecule has 3 aromatic rings. The van der Waals surface area contributed by atoms with Gasteiger partial charge in [0.25, 0.3) is 5.91 Å². The summed E-state index contributed by atoms with van der Waals surface area (Å²) in [6, 6.07) is 9.09. The molecule has 1 unspecified atom stereocenters. The first-order valence-corrected chi connectivity index (χ1v) is 12.5. The van der Waals surface area contributed by atoms with E-state index in [0.717, 1.165) is 12.8 Å². The number of nitrogens with zero attached hydrogens (tertiary/aromatic N) is 2. The van der Waals surface area contributed by atoms with Crippen molar-refractivity contribution in [3.05, 3.63) is 52.0 Å². The maximum Gasteiger partial charge on any atom is 0.257 e. The summed E-state index contributed by atoms with van der Waals surface area (Å²) < 4.78 is 33.1. The largest absolute Gasteiger partial charge is 0.377 e. The van der Waals surface area contributed by atoms with Crippen LogP contribution in [-0.2, 0) is 14.8 Å². The van der Waals surface area contributed by atoms with Crippen LogP contribution in [0.2, 0.25) is 10.0 Å². The Morgan fingerprint density at radius 2 is 1.94 bits per heavy atom. The minimum Gasteiger partial charge on any atom is -0.377 e. The van der Waals surface area contributed by atoms with Crippen LogP contribution in [0.5, 0.6) is 0 Å². The van der Waals surface area contributed by atoms with E-state index in [1.807, 2.05) is 0 Å². The zero-order valence-electron chi connectivity index (χ0n) is 16.5. The molecule has 2 aromatic carbocycles. The molecule has 0 aliphatic carbocycles. The van der Waals surface area contributed by atoms with E-state index in [4.69, 9.17) is 27.9 Å². The molecule has 164 valence electrons. The number of sulfonamides is 1. The zero-order valence-corrected chi connectivity index (χ0v) is 19.6. The van der Waals surface area contributed by atoms with Gasteiger partial charge in [-0.1, -0.05) is 34.5 Å². The van der Waals surface area contributed by atoms with Gasteiger partial charge in [0.05, 0.1) is 25.7 Å². The van der Waals surface area contributed by atoms with Gasteiger partial charge in [-0.05, 0) is 49.2 Å². The van der Waals surface area contributed by atoms with Gasteiger partial charge in [-0.3, -0.25) is 10.1 Å². The SMILES string of the molecule is CN(CC1CCCO1)S(=O)(=O)c1ccc(C(=O)Nc2nc3c(Cl)ccc(Cl)c3s2)cc1. The molecule has 7 nitrogen and oxygen atoms in total. The predicted octanol–water partition coefficient (Wildman–Crippen LogP) is 4.65. The summed E-state index contributed by atoms with van der Waals surface area (Å²) in [4.78, 5) is 17.0. The Morgan fingerprint density at radius 1 is 1.23 bits per heavy atom. The van der Waals surface area contributed by atoms with E-state index in [0.29, 0.717) is 44.1 Å². The molecule has 0 saturated carbocycles. The van der Waals surface area contributed by atoms with Crippen LogP contribution in [0, 0.1) is 0 Å². The van der Waals surface area contributed by atoms with E-state index < -0.39 is 15.9 Å². The lowest BCUT2D eigenvalue weighted by molar-refractivity contribution is 0.0979. The third kappa shape index (κ3) is 4.72. The van der Waals surface area contributed by atoms with Gasteiger partial charge < -0.3 is 4.74 Å². The molecule has 1 aliphatic heterocycles. The number of hydrogen-bond donors (Lipinski definition) is 1. The van der Waals surface area contributed by atoms with Gasteiger partial charge >= 0.3 is 0 Å². The van der Waals surface area contributed by atoms with Crippen LogP contribution in [-0.4, -0.2) is 49.9 Å². The lowest BCUT2D eigenvalue weighted by Gasteiger charge is -2.20. The number of carbonyl (C=O) groups is 1. The molecule has 0 spiro atoms. The third-order valence-electron chi connectivity index (χ3n) is 4.98. The number of likely N-dealkylation sites (N-methyl/N-ethyl adjacent to an activating group) is 1. The van der Waals surface area contributed by atoms with Crippen molar-refractivity contribution in [1.29, 1.82) is 0 Å². The van der Waals surface area contributed by atoms with E-state index in [2.05, 4.69) is 10.3 Å². The standard InChI is InChI=1S/C20H19Cl2N3O4S2/c1-25(11-13-3-2-10-29-13)31(27,28)14-6-4-12(5-7-14)19(26)24-20-23-17-15(21)8-9-16(22)18(17)30-20/h4-9,13H,2-3,10-11H2,1H3,(H,23,24,26). The van der Waals surface area contributed by atoms with E-state index in [9.17, 15) is 13.2 Å². The van der Waals surface area contributed by atoms with Crippen LogP contribution < -0.4 is 5.32 Å². The molecule has 0 bridgehead atoms. The predicted molar refractivity (Wildman–Crippen MR) is 123 cm³/mol. The van der Waals surface area contributed by atoms with Gasteiger partial charge in [0.1, 0.15) is 5.52 Å². The maximum absolute atomic E-state index is 12.8. The number of carbonyl (C=O) groups excluding carboxylic acids is 1. The Kier molecular flexibility index (Phi) is 6.52. The third-order valence-corrected chi connectivity index (χ3v) is 8.55. The van der Waals surface area contributed by atoms with E-state index >= 15 is 0 Å². The van der Waals surface area contributed by atoms with Crippen molar-refractivity contribution in [2.24, 2.45) is 0 Å². The van der Waals surface area contributed by atoms with Crippen molar-refractivity contribution in [3.8, 4) is 0 Å². The monoisotopic (exact) mass is 499 g/mol. The van der Waals surface area contributed by atoms with Gasteiger partial charge in [0.15, 0.2) is 5.13 Å². The fourth-order valence-electron chi connectivity index (χ4n) is 3.30. The van der Waals surface area contributed by atoms with Gasteiger partial charge in [-0.2, -0.15) is 4.31 Å². The van der Waals surface area contributed by atoms with Crippen LogP contribution in [0.4, 0.5) is 5.13 Å². The molecule has 1 fully saturated rings. The number of anilines is 1. The Morgan fingerprint density at radius 3 is 2.58 bits per heavy atom. The number of thiazole rings is 1. The normalized spacial score (nSPS) is 16.8. The van der Waals surface area contributed by atoms with Crippen LogP contribution in [0.25, 0.3) is 10.2 Å². The zero-order chi connectivity index (χ0) is 22.2. The highest BCUT2D eigenvalue weighted by Gasteiger charge is 2.26. The molecular weight excluding hydrogens is 481 g/mol. The summed E-state index contributed by atoms with van der Waals surface area (Å²) >= 11 is 13.5. The smallest absolute Gasteiger partial charge is 0.257 e. The molecule has 2 heterocycles. The summed E-state index contributed by atoms with van der Waals surface area (Å²) in [6.07, 6.45) is 1.71. The summed E-state index contributed by atoms with van der Waals surface area (Å²) in [5.74, 6) is -0.414. The number of nitrogens with one attached hydrogen (secondary N) is 1. The molecule has 1 amide bonds. The van der Waals surface area contributed by atoms with Crippen LogP contribution in [0.3, 0.4) is 0 Å². The van der Waals surface area contributed by atoms with Gasteiger partial charge in [0.2, 0.25) is 10.0 Å². The van der Waals surface area contributed by atoms with Gasteiger partial charge in [-0.25, -0.2) is 13.4 Å². The van der Waals surface area contributed by atoms with Crippen LogP contribution in [0.1, 0.15) is 23.2 Å². The molecule has 1 aromatic heterocycles. The van der Waals surface area contributed by atoms with E-state index in [-0.39, 0.29) is 11.0 Å². The van der Waals surface area contributed by atoms with Gasteiger partial charge in [-0.15, -0.1) is 0 Å². The summed E-state index contributed by atoms with van der Waals surface area (Å²) in [7, 11) is -2.14. The van der Waals surface area contributed by atoms with Gasteiger partial charge in [0, 0.05) is 25.8 Å². The number of aromatic nitrogens is 1. The molecule has 0 radical (unpaired) electrons. The molecule has 1 saturated heterocycles. The molecular formula is C20H19Cl2N3O4S2. The second-order valence-corrected chi connectivity index (χ2v) is 11.0. The Bertz CT molecular complexity index is 1180. The van der Waals surface area contributed by atoms with E-state index in [1.165, 1.54) is 47.0 Å². The summed E-state index contributed by atoms with van der Waals surface area (Å²) in [5, 5.41) is 4.00. The van der Waals surface area contributed by atoms with E-state index in [1.54, 1.807) is 12.1 Å². The summed E-state index contributed by atoms with van der Waals surface area (Å²) in [6.45, 7) is 0.961. The highest BCUT2D eigenvalue weighted by atomic mass is 35.5. The van der Waals surface area contributed by atoms with Crippen LogP contribution >= 0.6 is 34.5 Å². The highest BCUT2D eigenvalue weighted by Crippen LogP contribution is 2.36. The summed E-state index contributed by atoms with van der Waals surface area (Å²) in [5.41, 5.74) is 0.822. The fraction of sp³-hybridized carbons (Fsp3) is 0.300. The number of benzene rings is 2. The Labute approximate surface area is 194 Å². The number of hydrogen-bond acceptors (Lipinski definition) is 6. The number of rotatable bonds is 6. The first-order chi connectivity index (χ1) is 14.8. The second kappa shape index (κ2) is 9.01. The van der Waals surface area contributed by atoms with Crippen molar-refractivity contribution in [2.75, 3.05) is 25.5 Å².